The Balaban J connectivity index is 1.88. The molecule has 0 saturated carbocycles. The minimum absolute atomic E-state index is 0.355. The maximum atomic E-state index is 12.0. The van der Waals surface area contributed by atoms with Gasteiger partial charge in [0, 0.05) is 0 Å². The summed E-state index contributed by atoms with van der Waals surface area (Å²) in [5, 5.41) is 8.73. The van der Waals surface area contributed by atoms with Crippen LogP contribution in [0, 0.1) is 25.2 Å². The maximum absolute atomic E-state index is 12.0. The van der Waals surface area contributed by atoms with Crippen molar-refractivity contribution < 1.29 is 18.7 Å². The number of rotatable bonds is 4. The van der Waals surface area contributed by atoms with Crippen LogP contribution in [0.2, 0.25) is 0 Å². The van der Waals surface area contributed by atoms with E-state index in [4.69, 9.17) is 14.4 Å². The molecule has 2 amide bonds. The molecular weight excluding hydrogens is 310 g/mol. The highest BCUT2D eigenvalue weighted by Crippen LogP contribution is 2.14. The molecule has 1 unspecified atom stereocenters. The molecule has 0 bridgehead atoms. The first kappa shape index (κ1) is 17.1. The highest BCUT2D eigenvalue weighted by Gasteiger charge is 2.18. The van der Waals surface area contributed by atoms with Gasteiger partial charge in [0.15, 0.2) is 6.10 Å². The lowest BCUT2D eigenvalue weighted by molar-refractivity contribution is -0.128. The summed E-state index contributed by atoms with van der Waals surface area (Å²) in [6.07, 6.45) is -0.828. The molecule has 1 atom stereocenters. The van der Waals surface area contributed by atoms with Gasteiger partial charge in [0.25, 0.3) is 11.8 Å². The highest BCUT2D eigenvalue weighted by atomic mass is 16.5. The van der Waals surface area contributed by atoms with Gasteiger partial charge in [-0.15, -0.1) is 0 Å². The first-order valence-corrected chi connectivity index (χ1v) is 7.24. The first-order chi connectivity index (χ1) is 11.4. The van der Waals surface area contributed by atoms with Crippen molar-refractivity contribution >= 4 is 11.8 Å². The van der Waals surface area contributed by atoms with Crippen molar-refractivity contribution in [2.24, 2.45) is 0 Å². The summed E-state index contributed by atoms with van der Waals surface area (Å²) in [5.41, 5.74) is 5.47. The van der Waals surface area contributed by atoms with E-state index in [2.05, 4.69) is 10.9 Å². The third-order valence-electron chi connectivity index (χ3n) is 3.25. The van der Waals surface area contributed by atoms with Gasteiger partial charge in [-0.05, 0) is 51.1 Å². The van der Waals surface area contributed by atoms with E-state index in [0.29, 0.717) is 28.4 Å². The van der Waals surface area contributed by atoms with Crippen LogP contribution in [0.1, 0.15) is 34.4 Å². The van der Waals surface area contributed by atoms with Gasteiger partial charge in [0.1, 0.15) is 17.3 Å². The number of hydrazine groups is 1. The average molecular weight is 327 g/mol. The Morgan fingerprint density at radius 3 is 2.42 bits per heavy atom. The van der Waals surface area contributed by atoms with Crippen molar-refractivity contribution in [1.82, 2.24) is 10.9 Å². The standard InChI is InChI=1S/C17H17N3O4/c1-10-8-15(11(2)23-10)17(22)20-19-16(21)12(3)24-14-6-4-13(9-18)5-7-14/h4-8,12H,1-3H3,(H,19,21)(H,20,22). The number of nitriles is 1. The Hall–Kier alpha value is -3.27. The number of benzene rings is 1. The van der Waals surface area contributed by atoms with Gasteiger partial charge in [-0.25, -0.2) is 0 Å². The van der Waals surface area contributed by atoms with Crippen molar-refractivity contribution in [3.8, 4) is 11.8 Å². The van der Waals surface area contributed by atoms with Crippen LogP contribution in [0.5, 0.6) is 5.75 Å². The topological polar surface area (TPSA) is 104 Å². The van der Waals surface area contributed by atoms with Crippen molar-refractivity contribution in [3.05, 3.63) is 53.0 Å². The second-order valence-electron chi connectivity index (χ2n) is 5.17. The van der Waals surface area contributed by atoms with Gasteiger partial charge in [0.05, 0.1) is 17.2 Å². The zero-order valence-corrected chi connectivity index (χ0v) is 13.5. The molecule has 1 aromatic carbocycles. The van der Waals surface area contributed by atoms with E-state index in [9.17, 15) is 9.59 Å². The van der Waals surface area contributed by atoms with Gasteiger partial charge < -0.3 is 9.15 Å². The molecule has 0 saturated heterocycles. The molecule has 2 N–H and O–H groups in total. The number of carbonyl (C=O) groups excluding carboxylic acids is 2. The zero-order valence-electron chi connectivity index (χ0n) is 13.5. The Bertz CT molecular complexity index is 787. The highest BCUT2D eigenvalue weighted by molar-refractivity contribution is 5.96. The van der Waals surface area contributed by atoms with Gasteiger partial charge >= 0.3 is 0 Å². The second-order valence-corrected chi connectivity index (χ2v) is 5.17. The minimum Gasteiger partial charge on any atom is -0.481 e. The molecule has 7 nitrogen and oxygen atoms in total. The fourth-order valence-electron chi connectivity index (χ4n) is 2.01. The number of amides is 2. The second kappa shape index (κ2) is 7.33. The summed E-state index contributed by atoms with van der Waals surface area (Å²) in [6, 6.07) is 9.96. The molecular formula is C17H17N3O4. The molecule has 2 aromatic rings. The quantitative estimate of drug-likeness (QED) is 0.836. The number of carbonyl (C=O) groups is 2. The van der Waals surface area contributed by atoms with Crippen molar-refractivity contribution in [3.63, 3.8) is 0 Å². The van der Waals surface area contributed by atoms with Crippen molar-refractivity contribution in [1.29, 1.82) is 5.26 Å². The fourth-order valence-corrected chi connectivity index (χ4v) is 2.01. The molecule has 0 radical (unpaired) electrons. The molecule has 0 aliphatic heterocycles. The molecule has 0 aliphatic carbocycles. The predicted octanol–water partition coefficient (Wildman–Crippen LogP) is 2.00. The largest absolute Gasteiger partial charge is 0.481 e. The Kier molecular flexibility index (Phi) is 5.22. The lowest BCUT2D eigenvalue weighted by Crippen LogP contribution is -2.47. The Morgan fingerprint density at radius 2 is 1.88 bits per heavy atom. The fraction of sp³-hybridized carbons (Fsp3) is 0.235. The monoisotopic (exact) mass is 327 g/mol. The summed E-state index contributed by atoms with van der Waals surface area (Å²) in [6.45, 7) is 4.95. The number of furan rings is 1. The van der Waals surface area contributed by atoms with Crippen LogP contribution in [-0.2, 0) is 4.79 Å². The molecule has 124 valence electrons. The van der Waals surface area contributed by atoms with Crippen LogP contribution >= 0.6 is 0 Å². The predicted molar refractivity (Wildman–Crippen MR) is 85.0 cm³/mol. The molecule has 0 aliphatic rings. The molecule has 2 rings (SSSR count). The van der Waals surface area contributed by atoms with E-state index >= 15 is 0 Å². The van der Waals surface area contributed by atoms with E-state index in [1.165, 1.54) is 0 Å². The van der Waals surface area contributed by atoms with E-state index in [1.807, 2.05) is 6.07 Å². The number of aryl methyl sites for hydroxylation is 2. The molecule has 7 heteroatoms. The lowest BCUT2D eigenvalue weighted by Gasteiger charge is -2.15. The third-order valence-corrected chi connectivity index (χ3v) is 3.25. The Morgan fingerprint density at radius 1 is 1.21 bits per heavy atom. The maximum Gasteiger partial charge on any atom is 0.279 e. The molecule has 0 fully saturated rings. The van der Waals surface area contributed by atoms with Gasteiger partial charge in [-0.1, -0.05) is 0 Å². The number of nitrogens with one attached hydrogen (secondary N) is 2. The van der Waals surface area contributed by atoms with Crippen LogP contribution in [0.15, 0.2) is 34.7 Å². The molecule has 24 heavy (non-hydrogen) atoms. The summed E-state index contributed by atoms with van der Waals surface area (Å²) in [7, 11) is 0. The van der Waals surface area contributed by atoms with Gasteiger partial charge in [-0.3, -0.25) is 20.4 Å². The average Bonchev–Trinajstić information content (AvgIpc) is 2.91. The van der Waals surface area contributed by atoms with Crippen LogP contribution in [0.4, 0.5) is 0 Å². The number of hydrogen-bond donors (Lipinski definition) is 2. The summed E-state index contributed by atoms with van der Waals surface area (Å²) in [4.78, 5) is 23.9. The van der Waals surface area contributed by atoms with Gasteiger partial charge in [0.2, 0.25) is 0 Å². The number of hydrogen-bond acceptors (Lipinski definition) is 5. The van der Waals surface area contributed by atoms with Gasteiger partial charge in [-0.2, -0.15) is 5.26 Å². The SMILES string of the molecule is Cc1cc(C(=O)NNC(=O)C(C)Oc2ccc(C#N)cc2)c(C)o1. The van der Waals surface area contributed by atoms with E-state index < -0.39 is 17.9 Å². The zero-order chi connectivity index (χ0) is 17.7. The van der Waals surface area contributed by atoms with Crippen molar-refractivity contribution in [2.75, 3.05) is 0 Å². The van der Waals surface area contributed by atoms with E-state index in [1.54, 1.807) is 51.1 Å². The summed E-state index contributed by atoms with van der Waals surface area (Å²) in [5.74, 6) is 0.556. The first-order valence-electron chi connectivity index (χ1n) is 7.24. The molecule has 0 spiro atoms. The lowest BCUT2D eigenvalue weighted by atomic mass is 10.2. The third kappa shape index (κ3) is 4.14. The van der Waals surface area contributed by atoms with Crippen LogP contribution in [0.25, 0.3) is 0 Å². The summed E-state index contributed by atoms with van der Waals surface area (Å²) < 4.78 is 10.7. The van der Waals surface area contributed by atoms with Crippen LogP contribution < -0.4 is 15.6 Å². The van der Waals surface area contributed by atoms with E-state index in [-0.39, 0.29) is 0 Å². The summed E-state index contributed by atoms with van der Waals surface area (Å²) >= 11 is 0. The molecule has 1 heterocycles. The Labute approximate surface area is 139 Å². The molecule has 1 aromatic heterocycles. The van der Waals surface area contributed by atoms with Crippen LogP contribution in [-0.4, -0.2) is 17.9 Å². The number of nitrogens with zero attached hydrogens (tertiary/aromatic N) is 1. The smallest absolute Gasteiger partial charge is 0.279 e. The minimum atomic E-state index is -0.828. The normalized spacial score (nSPS) is 11.2. The van der Waals surface area contributed by atoms with Crippen molar-refractivity contribution in [2.45, 2.75) is 26.9 Å². The number of ether oxygens (including phenoxy) is 1. The van der Waals surface area contributed by atoms with Crippen LogP contribution in [0.3, 0.4) is 0 Å². The van der Waals surface area contributed by atoms with E-state index in [0.717, 1.165) is 0 Å².